The Balaban J connectivity index is 1.50. The molecule has 8 nitrogen and oxygen atoms in total. The Hall–Kier alpha value is -4.30. The molecule has 1 atom stereocenters. The standard InChI is InChI=1S/C33H36N2O6/c1-3-34(4-2)16-9-17-35-30(24-12-8-13-26(20-24)41-22-23-10-6-5-7-11-23)29(32(37)33(35)38)31(36)25-14-15-27-28(21-25)40-19-18-39-27/h5-8,10-15,20-21,30,36H,3-4,9,16-19,22H2,1-2H3. The van der Waals surface area contributed by atoms with Crippen LogP contribution in [0.2, 0.25) is 0 Å². The van der Waals surface area contributed by atoms with E-state index in [4.69, 9.17) is 14.2 Å². The van der Waals surface area contributed by atoms with Gasteiger partial charge in [-0.1, -0.05) is 54.3 Å². The van der Waals surface area contributed by atoms with Crippen molar-refractivity contribution in [3.8, 4) is 17.2 Å². The van der Waals surface area contributed by atoms with Crippen LogP contribution in [0.15, 0.2) is 78.4 Å². The molecule has 3 aromatic carbocycles. The third kappa shape index (κ3) is 6.23. The van der Waals surface area contributed by atoms with Crippen molar-refractivity contribution in [3.05, 3.63) is 95.1 Å². The zero-order valence-corrected chi connectivity index (χ0v) is 23.6. The van der Waals surface area contributed by atoms with Crippen LogP contribution in [0.1, 0.15) is 43.0 Å². The molecule has 1 N–H and O–H groups in total. The lowest BCUT2D eigenvalue weighted by Gasteiger charge is -2.28. The molecule has 0 aromatic heterocycles. The molecule has 41 heavy (non-hydrogen) atoms. The monoisotopic (exact) mass is 556 g/mol. The second-order valence-corrected chi connectivity index (χ2v) is 10.2. The van der Waals surface area contributed by atoms with E-state index < -0.39 is 23.5 Å². The van der Waals surface area contributed by atoms with Gasteiger partial charge in [-0.25, -0.2) is 0 Å². The van der Waals surface area contributed by atoms with Crippen LogP contribution in [0.3, 0.4) is 0 Å². The van der Waals surface area contributed by atoms with Crippen LogP contribution in [0.4, 0.5) is 0 Å². The fraction of sp³-hybridized carbons (Fsp3) is 0.333. The predicted molar refractivity (Wildman–Crippen MR) is 153 cm³/mol. The van der Waals surface area contributed by atoms with Gasteiger partial charge in [0.25, 0.3) is 5.91 Å². The Labute approximate surface area is 240 Å². The first-order chi connectivity index (χ1) is 20.0. The summed E-state index contributed by atoms with van der Waals surface area (Å²) in [6.07, 6.45) is 0.711. The number of ether oxygens (including phenoxy) is 3. The second-order valence-electron chi connectivity index (χ2n) is 10.2. The molecule has 0 aliphatic carbocycles. The lowest BCUT2D eigenvalue weighted by molar-refractivity contribution is -0.896. The van der Waals surface area contributed by atoms with Crippen LogP contribution in [0, 0.1) is 0 Å². The molecule has 8 heteroatoms. The molecule has 2 heterocycles. The number of nitrogens with one attached hydrogen (secondary N) is 1. The van der Waals surface area contributed by atoms with Gasteiger partial charge in [-0.05, 0) is 54.8 Å². The van der Waals surface area contributed by atoms with Crippen molar-refractivity contribution in [3.63, 3.8) is 0 Å². The number of ketones is 1. The van der Waals surface area contributed by atoms with Crippen molar-refractivity contribution in [1.82, 2.24) is 4.90 Å². The number of carbonyl (C=O) groups excluding carboxylic acids is 2. The van der Waals surface area contributed by atoms with Gasteiger partial charge in [0, 0.05) is 18.5 Å². The summed E-state index contributed by atoms with van der Waals surface area (Å²) >= 11 is 0. The van der Waals surface area contributed by atoms with Crippen LogP contribution in [-0.2, 0) is 16.2 Å². The van der Waals surface area contributed by atoms with Crippen molar-refractivity contribution in [1.29, 1.82) is 0 Å². The maximum absolute atomic E-state index is 13.9. The number of benzene rings is 3. The highest BCUT2D eigenvalue weighted by molar-refractivity contribution is 6.46. The smallest absolute Gasteiger partial charge is 0.295 e. The Morgan fingerprint density at radius 1 is 0.951 bits per heavy atom. The van der Waals surface area contributed by atoms with Crippen molar-refractivity contribution in [2.75, 3.05) is 39.4 Å². The number of Topliss-reactive ketones (excluding diaryl/α,β-unsaturated/α-hetero) is 1. The molecule has 1 amide bonds. The number of amides is 1. The molecule has 0 spiro atoms. The molecule has 0 saturated carbocycles. The predicted octanol–water partition coefficient (Wildman–Crippen LogP) is 2.58. The molecule has 3 aromatic rings. The summed E-state index contributed by atoms with van der Waals surface area (Å²) in [6, 6.07) is 21.2. The minimum absolute atomic E-state index is 0.0536. The van der Waals surface area contributed by atoms with Crippen molar-refractivity contribution >= 4 is 17.4 Å². The lowest BCUT2D eigenvalue weighted by atomic mass is 9.95. The largest absolute Gasteiger partial charge is 0.872 e. The average Bonchev–Trinajstić information content (AvgIpc) is 3.27. The molecule has 0 radical (unpaired) electrons. The Kier molecular flexibility index (Phi) is 8.89. The van der Waals surface area contributed by atoms with Crippen molar-refractivity contribution in [2.24, 2.45) is 0 Å². The minimum atomic E-state index is -0.817. The summed E-state index contributed by atoms with van der Waals surface area (Å²) < 4.78 is 17.3. The van der Waals surface area contributed by atoms with Gasteiger partial charge < -0.3 is 29.1 Å². The number of likely N-dealkylation sites (tertiary alicyclic amines) is 1. The molecule has 1 unspecified atom stereocenters. The van der Waals surface area contributed by atoms with Crippen LogP contribution < -0.4 is 24.2 Å². The summed E-state index contributed by atoms with van der Waals surface area (Å²) in [6.45, 7) is 8.63. The highest BCUT2D eigenvalue weighted by Crippen LogP contribution is 2.41. The molecule has 2 aliphatic rings. The average molecular weight is 557 g/mol. The van der Waals surface area contributed by atoms with E-state index in [-0.39, 0.29) is 11.1 Å². The van der Waals surface area contributed by atoms with E-state index in [9.17, 15) is 14.7 Å². The fourth-order valence-electron chi connectivity index (χ4n) is 5.41. The van der Waals surface area contributed by atoms with E-state index in [2.05, 4.69) is 13.8 Å². The third-order valence-corrected chi connectivity index (χ3v) is 7.69. The van der Waals surface area contributed by atoms with E-state index in [0.717, 1.165) is 25.2 Å². The summed E-state index contributed by atoms with van der Waals surface area (Å²) in [7, 11) is 0. The van der Waals surface area contributed by atoms with E-state index in [1.807, 2.05) is 54.6 Å². The Morgan fingerprint density at radius 3 is 2.46 bits per heavy atom. The molecule has 5 rings (SSSR count). The van der Waals surface area contributed by atoms with Gasteiger partial charge in [0.05, 0.1) is 25.7 Å². The van der Waals surface area contributed by atoms with Crippen LogP contribution in [0.25, 0.3) is 5.76 Å². The van der Waals surface area contributed by atoms with Crippen molar-refractivity contribution in [2.45, 2.75) is 32.9 Å². The molecule has 2 aliphatic heterocycles. The van der Waals surface area contributed by atoms with Crippen LogP contribution in [-0.4, -0.2) is 56.0 Å². The van der Waals surface area contributed by atoms with E-state index in [1.165, 1.54) is 4.90 Å². The number of fused-ring (bicyclic) bond motifs is 1. The fourth-order valence-corrected chi connectivity index (χ4v) is 5.41. The summed E-state index contributed by atoms with van der Waals surface area (Å²) in [4.78, 5) is 29.8. The van der Waals surface area contributed by atoms with Gasteiger partial charge in [0.15, 0.2) is 11.5 Å². The van der Waals surface area contributed by atoms with E-state index in [0.29, 0.717) is 55.6 Å². The molecular formula is C33H36N2O6. The maximum Gasteiger partial charge on any atom is 0.295 e. The van der Waals surface area contributed by atoms with E-state index >= 15 is 0 Å². The summed E-state index contributed by atoms with van der Waals surface area (Å²) in [5, 5.41) is 13.9. The van der Waals surface area contributed by atoms with Crippen LogP contribution >= 0.6 is 0 Å². The number of nitrogens with zero attached hydrogens (tertiary/aromatic N) is 1. The van der Waals surface area contributed by atoms with Gasteiger partial charge >= 0.3 is 0 Å². The molecule has 1 fully saturated rings. The van der Waals surface area contributed by atoms with Gasteiger partial charge in [-0.3, -0.25) is 9.59 Å². The maximum atomic E-state index is 13.9. The van der Waals surface area contributed by atoms with Gasteiger partial charge in [-0.15, -0.1) is 0 Å². The number of rotatable bonds is 11. The third-order valence-electron chi connectivity index (χ3n) is 7.69. The SMILES string of the molecule is CC[NH+](CC)CCCN1C(=O)C(=O)C(=C([O-])c2ccc3c(c2)OCCO3)C1c1cccc(OCc2ccccc2)c1. The van der Waals surface area contributed by atoms with Gasteiger partial charge in [0.2, 0.25) is 5.78 Å². The highest BCUT2D eigenvalue weighted by atomic mass is 16.6. The number of quaternary nitrogens is 1. The minimum Gasteiger partial charge on any atom is -0.872 e. The number of hydrogen-bond acceptors (Lipinski definition) is 6. The second kappa shape index (κ2) is 12.9. The summed E-state index contributed by atoms with van der Waals surface area (Å²) in [5.41, 5.74) is 1.90. The molecular weight excluding hydrogens is 520 g/mol. The first-order valence-electron chi connectivity index (χ1n) is 14.3. The number of carbonyl (C=O) groups is 2. The first-order valence-corrected chi connectivity index (χ1v) is 14.3. The highest BCUT2D eigenvalue weighted by Gasteiger charge is 2.44. The van der Waals surface area contributed by atoms with Crippen LogP contribution in [0.5, 0.6) is 17.2 Å². The molecule has 214 valence electrons. The normalized spacial score (nSPS) is 17.7. The van der Waals surface area contributed by atoms with E-state index in [1.54, 1.807) is 23.1 Å². The zero-order valence-electron chi connectivity index (χ0n) is 23.6. The number of hydrogen-bond donors (Lipinski definition) is 1. The Bertz CT molecular complexity index is 1420. The topological polar surface area (TPSA) is 92.6 Å². The zero-order chi connectivity index (χ0) is 28.8. The Morgan fingerprint density at radius 2 is 1.71 bits per heavy atom. The van der Waals surface area contributed by atoms with Gasteiger partial charge in [-0.2, -0.15) is 0 Å². The quantitative estimate of drug-likeness (QED) is 0.222. The van der Waals surface area contributed by atoms with Crippen molar-refractivity contribution < 1.29 is 33.8 Å². The van der Waals surface area contributed by atoms with Gasteiger partial charge in [0.1, 0.15) is 25.6 Å². The molecule has 1 saturated heterocycles. The summed E-state index contributed by atoms with van der Waals surface area (Å²) in [5.74, 6) is -0.310. The first kappa shape index (κ1) is 28.2. The molecule has 0 bridgehead atoms. The lowest BCUT2D eigenvalue weighted by Crippen LogP contribution is -3.11.